The predicted octanol–water partition coefficient (Wildman–Crippen LogP) is 4.16. The van der Waals surface area contributed by atoms with Crippen LogP contribution in [0, 0.1) is 5.92 Å². The van der Waals surface area contributed by atoms with Crippen molar-refractivity contribution < 1.29 is 9.67 Å². The van der Waals surface area contributed by atoms with E-state index in [1.807, 2.05) is 24.9 Å². The highest BCUT2D eigenvalue weighted by molar-refractivity contribution is 7.63. The van der Waals surface area contributed by atoms with Gasteiger partial charge in [-0.05, 0) is 25.1 Å². The molecule has 0 fully saturated rings. The quantitative estimate of drug-likeness (QED) is 0.708. The first-order valence-corrected chi connectivity index (χ1v) is 10.4. The van der Waals surface area contributed by atoms with E-state index in [1.165, 1.54) is 18.4 Å². The minimum atomic E-state index is -2.03. The molecule has 122 valence electrons. The third-order valence-electron chi connectivity index (χ3n) is 3.10. The zero-order chi connectivity index (χ0) is 16.1. The normalized spacial score (nSPS) is 14.7. The van der Waals surface area contributed by atoms with E-state index in [0.29, 0.717) is 12.2 Å². The molecule has 0 radical (unpaired) electrons. The van der Waals surface area contributed by atoms with Gasteiger partial charge in [0.05, 0.1) is 7.14 Å². The van der Waals surface area contributed by atoms with Gasteiger partial charge in [0, 0.05) is 25.6 Å². The molecule has 1 aromatic carbocycles. The van der Waals surface area contributed by atoms with Gasteiger partial charge in [0.1, 0.15) is 0 Å². The molecule has 3 nitrogen and oxygen atoms in total. The Balaban J connectivity index is 0.00000122. The highest BCUT2D eigenvalue weighted by Crippen LogP contribution is 2.42. The second-order valence-corrected chi connectivity index (χ2v) is 9.04. The summed E-state index contributed by atoms with van der Waals surface area (Å²) in [5.41, 5.74) is 1.25. The van der Waals surface area contributed by atoms with Crippen LogP contribution < -0.4 is 5.32 Å². The Labute approximate surface area is 130 Å². The summed E-state index contributed by atoms with van der Waals surface area (Å²) in [7, 11) is -2.03. The van der Waals surface area contributed by atoms with E-state index < -0.39 is 7.14 Å². The van der Waals surface area contributed by atoms with Gasteiger partial charge in [0.2, 0.25) is 0 Å². The minimum absolute atomic E-state index is 0.250. The summed E-state index contributed by atoms with van der Waals surface area (Å²) in [5, 5.41) is 10.9. The summed E-state index contributed by atoms with van der Waals surface area (Å²) in [6.07, 6.45) is 3.87. The van der Waals surface area contributed by atoms with Crippen LogP contribution >= 0.6 is 7.14 Å². The van der Waals surface area contributed by atoms with Crippen molar-refractivity contribution in [1.82, 2.24) is 5.32 Å². The summed E-state index contributed by atoms with van der Waals surface area (Å²) in [6.45, 7) is 9.06. The van der Waals surface area contributed by atoms with E-state index in [0.717, 1.165) is 12.7 Å². The summed E-state index contributed by atoms with van der Waals surface area (Å²) in [5.74, 6) is 0.573. The van der Waals surface area contributed by atoms with Crippen molar-refractivity contribution >= 4 is 7.14 Å². The van der Waals surface area contributed by atoms with Crippen LogP contribution in [0.4, 0.5) is 0 Å². The molecule has 2 atom stereocenters. The molecule has 0 spiro atoms. The van der Waals surface area contributed by atoms with Crippen molar-refractivity contribution in [2.45, 2.75) is 40.2 Å². The maximum atomic E-state index is 12.4. The van der Waals surface area contributed by atoms with Crippen molar-refractivity contribution in [3.63, 3.8) is 0 Å². The lowest BCUT2D eigenvalue weighted by atomic mass is 10.1. The molecule has 0 saturated carbocycles. The van der Waals surface area contributed by atoms with Crippen LogP contribution in [0.2, 0.25) is 0 Å². The molecule has 21 heavy (non-hydrogen) atoms. The number of hydrogen-bond acceptors (Lipinski definition) is 3. The topological polar surface area (TPSA) is 49.3 Å². The SMILES string of the molecule is CCCC(C)CP(C)(=O)CNCc1ccccc1.CCO. The maximum Gasteiger partial charge on any atom is 0.0981 e. The minimum Gasteiger partial charge on any atom is -0.397 e. The van der Waals surface area contributed by atoms with E-state index in [-0.39, 0.29) is 6.61 Å². The van der Waals surface area contributed by atoms with E-state index in [2.05, 4.69) is 31.3 Å². The first-order valence-electron chi connectivity index (χ1n) is 7.86. The number of rotatable bonds is 8. The zero-order valence-corrected chi connectivity index (χ0v) is 14.9. The maximum absolute atomic E-state index is 12.4. The fourth-order valence-electron chi connectivity index (χ4n) is 2.34. The molecule has 0 bridgehead atoms. The van der Waals surface area contributed by atoms with Crippen LogP contribution in [-0.4, -0.2) is 30.8 Å². The third kappa shape index (κ3) is 11.7. The molecule has 1 aromatic rings. The molecular weight excluding hydrogens is 281 g/mol. The molecule has 2 unspecified atom stereocenters. The molecule has 4 heteroatoms. The van der Waals surface area contributed by atoms with Crippen LogP contribution in [-0.2, 0) is 11.1 Å². The monoisotopic (exact) mass is 313 g/mol. The Morgan fingerprint density at radius 2 is 1.81 bits per heavy atom. The number of nitrogens with one attached hydrogen (secondary N) is 1. The second kappa shape index (κ2) is 12.0. The van der Waals surface area contributed by atoms with Gasteiger partial charge in [-0.2, -0.15) is 0 Å². The lowest BCUT2D eigenvalue weighted by molar-refractivity contribution is 0.318. The molecule has 0 heterocycles. The fourth-order valence-corrected chi connectivity index (χ4v) is 4.56. The van der Waals surface area contributed by atoms with Gasteiger partial charge in [0.25, 0.3) is 0 Å². The lowest BCUT2D eigenvalue weighted by Gasteiger charge is -2.18. The summed E-state index contributed by atoms with van der Waals surface area (Å²) < 4.78 is 12.4. The van der Waals surface area contributed by atoms with Crippen molar-refractivity contribution in [2.75, 3.05) is 25.7 Å². The molecule has 0 aliphatic heterocycles. The van der Waals surface area contributed by atoms with Crippen LogP contribution in [0.15, 0.2) is 30.3 Å². The summed E-state index contributed by atoms with van der Waals surface area (Å²) >= 11 is 0. The number of hydrogen-bond donors (Lipinski definition) is 2. The van der Waals surface area contributed by atoms with Gasteiger partial charge in [0.15, 0.2) is 0 Å². The largest absolute Gasteiger partial charge is 0.397 e. The highest BCUT2D eigenvalue weighted by atomic mass is 31.2. The van der Waals surface area contributed by atoms with Gasteiger partial charge in [-0.25, -0.2) is 0 Å². The first kappa shape index (κ1) is 20.4. The Morgan fingerprint density at radius 1 is 1.24 bits per heavy atom. The third-order valence-corrected chi connectivity index (χ3v) is 5.39. The van der Waals surface area contributed by atoms with Crippen LogP contribution in [0.1, 0.15) is 39.2 Å². The van der Waals surface area contributed by atoms with Crippen molar-refractivity contribution in [2.24, 2.45) is 5.92 Å². The van der Waals surface area contributed by atoms with Crippen LogP contribution in [0.3, 0.4) is 0 Å². The average Bonchev–Trinajstić information content (AvgIpc) is 2.40. The molecule has 0 aliphatic carbocycles. The van der Waals surface area contributed by atoms with Gasteiger partial charge >= 0.3 is 0 Å². The van der Waals surface area contributed by atoms with E-state index >= 15 is 0 Å². The molecule has 2 N–H and O–H groups in total. The van der Waals surface area contributed by atoms with Crippen LogP contribution in [0.25, 0.3) is 0 Å². The molecule has 1 rings (SSSR count). The van der Waals surface area contributed by atoms with E-state index in [1.54, 1.807) is 6.92 Å². The Hall–Kier alpha value is -0.630. The lowest BCUT2D eigenvalue weighted by Crippen LogP contribution is -2.17. The first-order chi connectivity index (χ1) is 9.95. The molecule has 0 aliphatic rings. The van der Waals surface area contributed by atoms with Gasteiger partial charge in [-0.1, -0.05) is 57.0 Å². The van der Waals surface area contributed by atoms with Gasteiger partial charge < -0.3 is 15.0 Å². The molecule has 0 saturated heterocycles. The Morgan fingerprint density at radius 3 is 2.33 bits per heavy atom. The summed E-state index contributed by atoms with van der Waals surface area (Å²) in [6, 6.07) is 10.3. The fraction of sp³-hybridized carbons (Fsp3) is 0.647. The average molecular weight is 313 g/mol. The van der Waals surface area contributed by atoms with Gasteiger partial charge in [-0.15, -0.1) is 0 Å². The van der Waals surface area contributed by atoms with Crippen molar-refractivity contribution in [3.05, 3.63) is 35.9 Å². The molecule has 0 amide bonds. The highest BCUT2D eigenvalue weighted by Gasteiger charge is 2.18. The van der Waals surface area contributed by atoms with E-state index in [9.17, 15) is 4.57 Å². The predicted molar refractivity (Wildman–Crippen MR) is 93.4 cm³/mol. The van der Waals surface area contributed by atoms with Crippen molar-refractivity contribution in [3.8, 4) is 0 Å². The Kier molecular flexibility index (Phi) is 11.6. The summed E-state index contributed by atoms with van der Waals surface area (Å²) in [4.78, 5) is 0. The molecular formula is C17H32NO2P. The molecule has 0 aromatic heterocycles. The van der Waals surface area contributed by atoms with Crippen molar-refractivity contribution in [1.29, 1.82) is 0 Å². The Bertz CT molecular complexity index is 395. The number of aliphatic hydroxyl groups excluding tert-OH is 1. The smallest absolute Gasteiger partial charge is 0.0981 e. The zero-order valence-electron chi connectivity index (χ0n) is 14.0. The second-order valence-electron chi connectivity index (χ2n) is 5.76. The number of aliphatic hydroxyl groups is 1. The van der Waals surface area contributed by atoms with E-state index in [4.69, 9.17) is 5.11 Å². The van der Waals surface area contributed by atoms with Crippen LogP contribution in [0.5, 0.6) is 0 Å². The van der Waals surface area contributed by atoms with Gasteiger partial charge in [-0.3, -0.25) is 0 Å². The standard InChI is InChI=1S/C15H26NOP.C2H6O/c1-4-8-14(2)12-18(3,17)13-16-11-15-9-6-5-7-10-15;1-2-3/h5-7,9-10,14,16H,4,8,11-13H2,1-3H3;3H,2H2,1H3. The number of benzene rings is 1.